The van der Waals surface area contributed by atoms with Gasteiger partial charge in [0.25, 0.3) is 0 Å². The fourth-order valence-electron chi connectivity index (χ4n) is 3.37. The van der Waals surface area contributed by atoms with E-state index in [1.807, 2.05) is 6.92 Å². The van der Waals surface area contributed by atoms with Gasteiger partial charge in [-0.2, -0.15) is 0 Å². The van der Waals surface area contributed by atoms with Crippen molar-refractivity contribution in [3.8, 4) is 0 Å². The average molecular weight is 261 g/mol. The van der Waals surface area contributed by atoms with Crippen molar-refractivity contribution in [1.29, 1.82) is 0 Å². The van der Waals surface area contributed by atoms with Crippen LogP contribution in [-0.4, -0.2) is 30.4 Å². The van der Waals surface area contributed by atoms with Crippen LogP contribution in [0.25, 0.3) is 0 Å². The Balaban J connectivity index is 1.77. The number of benzene rings is 1. The number of fused-ring (bicyclic) bond motifs is 1. The van der Waals surface area contributed by atoms with Gasteiger partial charge in [0, 0.05) is 12.2 Å². The number of aliphatic hydroxyl groups is 1. The smallest absolute Gasteiger partial charge is 0.0787 e. The Morgan fingerprint density at radius 3 is 2.84 bits per heavy atom. The Bertz CT molecular complexity index is 417. The lowest BCUT2D eigenvalue weighted by Crippen LogP contribution is -2.48. The minimum atomic E-state index is -0.335. The number of anilines is 1. The van der Waals surface area contributed by atoms with Crippen molar-refractivity contribution in [3.05, 3.63) is 29.8 Å². The molecule has 1 aromatic carbocycles. The normalized spacial score (nSPS) is 28.2. The average Bonchev–Trinajstić information content (AvgIpc) is 2.95. The molecule has 1 N–H and O–H groups in total. The van der Waals surface area contributed by atoms with Crippen molar-refractivity contribution in [1.82, 2.24) is 0 Å². The Kier molecular flexibility index (Phi) is 3.76. The first-order chi connectivity index (χ1) is 9.29. The summed E-state index contributed by atoms with van der Waals surface area (Å²) in [4.78, 5) is 2.49. The van der Waals surface area contributed by atoms with Crippen LogP contribution in [0.1, 0.15) is 44.3 Å². The van der Waals surface area contributed by atoms with Crippen LogP contribution in [0.15, 0.2) is 24.3 Å². The third-order valence-electron chi connectivity index (χ3n) is 4.48. The molecule has 3 unspecified atom stereocenters. The molecular weight excluding hydrogens is 238 g/mol. The topological polar surface area (TPSA) is 32.7 Å². The van der Waals surface area contributed by atoms with Crippen LogP contribution in [0.3, 0.4) is 0 Å². The molecule has 104 valence electrons. The minimum absolute atomic E-state index is 0.335. The molecule has 1 heterocycles. The van der Waals surface area contributed by atoms with E-state index in [4.69, 9.17) is 4.74 Å². The van der Waals surface area contributed by atoms with Crippen molar-refractivity contribution in [2.75, 3.05) is 18.1 Å². The molecule has 1 saturated heterocycles. The molecule has 0 aromatic heterocycles. The molecule has 19 heavy (non-hydrogen) atoms. The predicted molar refractivity (Wildman–Crippen MR) is 76.4 cm³/mol. The van der Waals surface area contributed by atoms with Crippen LogP contribution >= 0.6 is 0 Å². The van der Waals surface area contributed by atoms with Crippen LogP contribution in [0.2, 0.25) is 0 Å². The second-order valence-electron chi connectivity index (χ2n) is 5.62. The fraction of sp³-hybridized carbons (Fsp3) is 0.625. The molecule has 3 rings (SSSR count). The van der Waals surface area contributed by atoms with Crippen LogP contribution in [-0.2, 0) is 4.74 Å². The lowest BCUT2D eigenvalue weighted by Gasteiger charge is -2.39. The van der Waals surface area contributed by atoms with Crippen molar-refractivity contribution >= 4 is 5.69 Å². The number of rotatable bonds is 3. The zero-order valence-electron chi connectivity index (χ0n) is 11.6. The van der Waals surface area contributed by atoms with Gasteiger partial charge in [0.15, 0.2) is 0 Å². The summed E-state index contributed by atoms with van der Waals surface area (Å²) in [5.41, 5.74) is 2.29. The highest BCUT2D eigenvalue weighted by molar-refractivity contribution is 5.50. The second-order valence-corrected chi connectivity index (χ2v) is 5.62. The standard InChI is InChI=1S/C16H23NO2/c1-2-15(18)12-6-8-13(9-7-12)17-10-11-19-16-5-3-4-14(16)17/h6-9,14-16,18H,2-5,10-11H2,1H3. The first kappa shape index (κ1) is 12.9. The van der Waals surface area contributed by atoms with E-state index in [2.05, 4.69) is 29.2 Å². The Morgan fingerprint density at radius 2 is 2.11 bits per heavy atom. The van der Waals surface area contributed by atoms with Gasteiger partial charge in [0.1, 0.15) is 0 Å². The third-order valence-corrected chi connectivity index (χ3v) is 4.48. The molecule has 1 aliphatic carbocycles. The molecule has 1 aromatic rings. The maximum Gasteiger partial charge on any atom is 0.0787 e. The lowest BCUT2D eigenvalue weighted by atomic mass is 10.0. The molecule has 2 aliphatic rings. The van der Waals surface area contributed by atoms with Gasteiger partial charge < -0.3 is 14.7 Å². The minimum Gasteiger partial charge on any atom is -0.388 e. The number of morpholine rings is 1. The summed E-state index contributed by atoms with van der Waals surface area (Å²) >= 11 is 0. The molecule has 3 atom stereocenters. The summed E-state index contributed by atoms with van der Waals surface area (Å²) in [6.45, 7) is 3.82. The molecule has 3 heteroatoms. The van der Waals surface area contributed by atoms with E-state index in [0.29, 0.717) is 12.1 Å². The molecule has 2 fully saturated rings. The fourth-order valence-corrected chi connectivity index (χ4v) is 3.37. The molecule has 0 bridgehead atoms. The van der Waals surface area contributed by atoms with Gasteiger partial charge in [-0.3, -0.25) is 0 Å². The summed E-state index contributed by atoms with van der Waals surface area (Å²) in [6.07, 6.45) is 4.57. The number of nitrogens with zero attached hydrogens (tertiary/aromatic N) is 1. The second kappa shape index (κ2) is 5.51. The highest BCUT2D eigenvalue weighted by atomic mass is 16.5. The van der Waals surface area contributed by atoms with Gasteiger partial charge in [0.2, 0.25) is 0 Å². The van der Waals surface area contributed by atoms with E-state index in [-0.39, 0.29) is 6.10 Å². The SMILES string of the molecule is CCC(O)c1ccc(N2CCOC3CCCC32)cc1. The quantitative estimate of drug-likeness (QED) is 0.908. The molecule has 0 radical (unpaired) electrons. The van der Waals surface area contributed by atoms with Crippen molar-refractivity contribution < 1.29 is 9.84 Å². The number of hydrogen-bond donors (Lipinski definition) is 1. The maximum absolute atomic E-state index is 9.85. The van der Waals surface area contributed by atoms with E-state index >= 15 is 0 Å². The van der Waals surface area contributed by atoms with Crippen LogP contribution in [0.5, 0.6) is 0 Å². The zero-order valence-corrected chi connectivity index (χ0v) is 11.6. The molecule has 1 saturated carbocycles. The van der Waals surface area contributed by atoms with Gasteiger partial charge in [-0.05, 0) is 43.4 Å². The lowest BCUT2D eigenvalue weighted by molar-refractivity contribution is 0.0256. The summed E-state index contributed by atoms with van der Waals surface area (Å²) in [7, 11) is 0. The van der Waals surface area contributed by atoms with Gasteiger partial charge in [-0.25, -0.2) is 0 Å². The first-order valence-corrected chi connectivity index (χ1v) is 7.46. The summed E-state index contributed by atoms with van der Waals surface area (Å²) in [5, 5.41) is 9.85. The third kappa shape index (κ3) is 2.49. The Hall–Kier alpha value is -1.06. The van der Waals surface area contributed by atoms with E-state index in [0.717, 1.165) is 25.1 Å². The zero-order chi connectivity index (χ0) is 13.2. The van der Waals surface area contributed by atoms with E-state index in [1.165, 1.54) is 24.9 Å². The molecule has 0 spiro atoms. The van der Waals surface area contributed by atoms with Gasteiger partial charge in [-0.15, -0.1) is 0 Å². The van der Waals surface area contributed by atoms with Gasteiger partial charge >= 0.3 is 0 Å². The van der Waals surface area contributed by atoms with E-state index < -0.39 is 0 Å². The summed E-state index contributed by atoms with van der Waals surface area (Å²) in [6, 6.07) is 8.96. The number of ether oxygens (including phenoxy) is 1. The largest absolute Gasteiger partial charge is 0.388 e. The van der Waals surface area contributed by atoms with Crippen molar-refractivity contribution in [3.63, 3.8) is 0 Å². The summed E-state index contributed by atoms with van der Waals surface area (Å²) in [5.74, 6) is 0. The Morgan fingerprint density at radius 1 is 1.32 bits per heavy atom. The molecule has 1 aliphatic heterocycles. The van der Waals surface area contributed by atoms with Crippen molar-refractivity contribution in [2.24, 2.45) is 0 Å². The first-order valence-electron chi connectivity index (χ1n) is 7.46. The summed E-state index contributed by atoms with van der Waals surface area (Å²) < 4.78 is 5.85. The maximum atomic E-state index is 9.85. The highest BCUT2D eigenvalue weighted by Crippen LogP contribution is 2.33. The highest BCUT2D eigenvalue weighted by Gasteiger charge is 2.36. The van der Waals surface area contributed by atoms with Crippen LogP contribution in [0.4, 0.5) is 5.69 Å². The van der Waals surface area contributed by atoms with E-state index in [9.17, 15) is 5.11 Å². The Labute approximate surface area is 115 Å². The van der Waals surface area contributed by atoms with Crippen molar-refractivity contribution in [2.45, 2.75) is 50.9 Å². The molecule has 3 nitrogen and oxygen atoms in total. The molecular formula is C16H23NO2. The molecule has 0 amide bonds. The van der Waals surface area contributed by atoms with Gasteiger partial charge in [0.05, 0.1) is 24.9 Å². The van der Waals surface area contributed by atoms with Crippen LogP contribution in [0, 0.1) is 0 Å². The number of hydrogen-bond acceptors (Lipinski definition) is 3. The van der Waals surface area contributed by atoms with E-state index in [1.54, 1.807) is 0 Å². The van der Waals surface area contributed by atoms with Gasteiger partial charge in [-0.1, -0.05) is 19.1 Å². The predicted octanol–water partition coefficient (Wildman–Crippen LogP) is 2.89. The number of aliphatic hydroxyl groups excluding tert-OH is 1. The monoisotopic (exact) mass is 261 g/mol. The van der Waals surface area contributed by atoms with Crippen LogP contribution < -0.4 is 4.90 Å².